The minimum Gasteiger partial charge on any atom is -0.487 e. The average Bonchev–Trinajstić information content (AvgIpc) is 2.42. The molecule has 0 fully saturated rings. The molecule has 2 nitrogen and oxygen atoms in total. The molecular formula is C17H19Br2NO. The molecule has 0 heterocycles. The molecule has 4 heteroatoms. The lowest BCUT2D eigenvalue weighted by atomic mass is 10.1. The molecule has 0 aliphatic rings. The van der Waals surface area contributed by atoms with E-state index in [1.807, 2.05) is 0 Å². The van der Waals surface area contributed by atoms with Gasteiger partial charge in [0, 0.05) is 0 Å². The van der Waals surface area contributed by atoms with E-state index < -0.39 is 0 Å². The van der Waals surface area contributed by atoms with E-state index >= 15 is 0 Å². The van der Waals surface area contributed by atoms with Gasteiger partial charge in [0.05, 0.1) is 8.95 Å². The molecule has 0 bridgehead atoms. The highest BCUT2D eigenvalue weighted by atomic mass is 79.9. The minimum atomic E-state index is 0.550. The molecule has 0 unspecified atom stereocenters. The minimum absolute atomic E-state index is 0.550. The Kier molecular flexibility index (Phi) is 5.85. The standard InChI is InChI=1S/C17H19Br2NO/c1-11-3-4-14(7-12(11)2)10-21-17-15(18)8-13(5-6-20)9-16(17)19/h3-4,7-9H,5-6,10,20H2,1-2H3. The first kappa shape index (κ1) is 16.5. The molecule has 2 N–H and O–H groups in total. The molecule has 112 valence electrons. The molecule has 0 spiro atoms. The van der Waals surface area contributed by atoms with Crippen LogP contribution in [0.25, 0.3) is 0 Å². The lowest BCUT2D eigenvalue weighted by molar-refractivity contribution is 0.302. The van der Waals surface area contributed by atoms with Crippen molar-refractivity contribution in [2.75, 3.05) is 6.54 Å². The van der Waals surface area contributed by atoms with Crippen molar-refractivity contribution in [3.05, 3.63) is 61.5 Å². The van der Waals surface area contributed by atoms with Crippen LogP contribution in [0.5, 0.6) is 5.75 Å². The van der Waals surface area contributed by atoms with Crippen molar-refractivity contribution in [2.45, 2.75) is 26.9 Å². The number of nitrogens with two attached hydrogens (primary N) is 1. The van der Waals surface area contributed by atoms with Crippen LogP contribution in [0.4, 0.5) is 0 Å². The van der Waals surface area contributed by atoms with Gasteiger partial charge in [0.15, 0.2) is 0 Å². The van der Waals surface area contributed by atoms with Crippen LogP contribution in [-0.2, 0) is 13.0 Å². The Hall–Kier alpha value is -0.840. The summed E-state index contributed by atoms with van der Waals surface area (Å²) in [4.78, 5) is 0. The third kappa shape index (κ3) is 4.31. The number of rotatable bonds is 5. The molecule has 0 saturated heterocycles. The molecule has 0 aliphatic heterocycles. The molecule has 0 aromatic heterocycles. The first-order valence-electron chi connectivity index (χ1n) is 6.88. The maximum atomic E-state index is 5.96. The van der Waals surface area contributed by atoms with Gasteiger partial charge in [0.1, 0.15) is 12.4 Å². The van der Waals surface area contributed by atoms with E-state index in [1.54, 1.807) is 0 Å². The highest BCUT2D eigenvalue weighted by Crippen LogP contribution is 2.35. The summed E-state index contributed by atoms with van der Waals surface area (Å²) in [7, 11) is 0. The number of benzene rings is 2. The average molecular weight is 413 g/mol. The van der Waals surface area contributed by atoms with Gasteiger partial charge in [-0.25, -0.2) is 0 Å². The van der Waals surface area contributed by atoms with Crippen molar-refractivity contribution < 1.29 is 4.74 Å². The number of ether oxygens (including phenoxy) is 1. The number of hydrogen-bond acceptors (Lipinski definition) is 2. The van der Waals surface area contributed by atoms with Crippen LogP contribution in [0, 0.1) is 13.8 Å². The van der Waals surface area contributed by atoms with Crippen molar-refractivity contribution in [3.8, 4) is 5.75 Å². The largest absolute Gasteiger partial charge is 0.487 e. The van der Waals surface area contributed by atoms with Gasteiger partial charge in [-0.2, -0.15) is 0 Å². The Morgan fingerprint density at radius 3 is 2.19 bits per heavy atom. The Morgan fingerprint density at radius 2 is 1.62 bits per heavy atom. The summed E-state index contributed by atoms with van der Waals surface area (Å²) in [5.74, 6) is 0.828. The SMILES string of the molecule is Cc1ccc(COc2c(Br)cc(CCN)cc2Br)cc1C. The van der Waals surface area contributed by atoms with E-state index in [-0.39, 0.29) is 0 Å². The van der Waals surface area contributed by atoms with Crippen LogP contribution in [-0.4, -0.2) is 6.54 Å². The van der Waals surface area contributed by atoms with Crippen LogP contribution in [0.3, 0.4) is 0 Å². The number of hydrogen-bond donors (Lipinski definition) is 1. The van der Waals surface area contributed by atoms with Crippen LogP contribution in [0.1, 0.15) is 22.3 Å². The Bertz CT molecular complexity index is 618. The smallest absolute Gasteiger partial charge is 0.148 e. The summed E-state index contributed by atoms with van der Waals surface area (Å²) in [5, 5.41) is 0. The topological polar surface area (TPSA) is 35.2 Å². The summed E-state index contributed by atoms with van der Waals surface area (Å²) in [5.41, 5.74) is 10.5. The number of halogens is 2. The third-order valence-electron chi connectivity index (χ3n) is 3.45. The molecule has 0 amide bonds. The second-order valence-corrected chi connectivity index (χ2v) is 6.84. The third-order valence-corrected chi connectivity index (χ3v) is 4.62. The van der Waals surface area contributed by atoms with Crippen LogP contribution in [0.2, 0.25) is 0 Å². The lowest BCUT2D eigenvalue weighted by Gasteiger charge is -2.13. The Balaban J connectivity index is 2.14. The molecule has 0 aliphatic carbocycles. The van der Waals surface area contributed by atoms with E-state index in [1.165, 1.54) is 22.3 Å². The lowest BCUT2D eigenvalue weighted by Crippen LogP contribution is -2.03. The zero-order chi connectivity index (χ0) is 15.4. The molecule has 0 saturated carbocycles. The fourth-order valence-corrected chi connectivity index (χ4v) is 3.62. The van der Waals surface area contributed by atoms with E-state index in [2.05, 4.69) is 76.0 Å². The quantitative estimate of drug-likeness (QED) is 0.757. The van der Waals surface area contributed by atoms with Crippen molar-refractivity contribution >= 4 is 31.9 Å². The molecule has 2 aromatic carbocycles. The second-order valence-electron chi connectivity index (χ2n) is 5.13. The van der Waals surface area contributed by atoms with E-state index in [0.29, 0.717) is 13.2 Å². The molecule has 2 rings (SSSR count). The van der Waals surface area contributed by atoms with Gasteiger partial charge in [-0.1, -0.05) is 18.2 Å². The summed E-state index contributed by atoms with van der Waals surface area (Å²) < 4.78 is 7.85. The zero-order valence-electron chi connectivity index (χ0n) is 12.2. The van der Waals surface area contributed by atoms with Crippen LogP contribution in [0.15, 0.2) is 39.3 Å². The predicted octanol–water partition coefficient (Wildman–Crippen LogP) is 4.91. The van der Waals surface area contributed by atoms with Crippen molar-refractivity contribution in [1.29, 1.82) is 0 Å². The van der Waals surface area contributed by atoms with Gasteiger partial charge in [-0.15, -0.1) is 0 Å². The van der Waals surface area contributed by atoms with Crippen molar-refractivity contribution in [1.82, 2.24) is 0 Å². The monoisotopic (exact) mass is 411 g/mol. The molecule has 21 heavy (non-hydrogen) atoms. The molecule has 0 atom stereocenters. The first-order chi connectivity index (χ1) is 10.0. The highest BCUT2D eigenvalue weighted by Gasteiger charge is 2.09. The van der Waals surface area contributed by atoms with Crippen LogP contribution >= 0.6 is 31.9 Å². The summed E-state index contributed by atoms with van der Waals surface area (Å²) in [6.45, 7) is 5.42. The molecule has 0 radical (unpaired) electrons. The normalized spacial score (nSPS) is 10.7. The van der Waals surface area contributed by atoms with E-state index in [0.717, 1.165) is 21.1 Å². The van der Waals surface area contributed by atoms with Gasteiger partial charge in [-0.05, 0) is 93.1 Å². The highest BCUT2D eigenvalue weighted by molar-refractivity contribution is 9.11. The summed E-state index contributed by atoms with van der Waals surface area (Å²) >= 11 is 7.14. The van der Waals surface area contributed by atoms with Gasteiger partial charge >= 0.3 is 0 Å². The maximum Gasteiger partial charge on any atom is 0.148 e. The Labute approximate surface area is 143 Å². The van der Waals surface area contributed by atoms with E-state index in [9.17, 15) is 0 Å². The van der Waals surface area contributed by atoms with E-state index in [4.69, 9.17) is 10.5 Å². The number of aryl methyl sites for hydroxylation is 2. The first-order valence-corrected chi connectivity index (χ1v) is 8.46. The van der Waals surface area contributed by atoms with Gasteiger partial charge in [-0.3, -0.25) is 0 Å². The molecular weight excluding hydrogens is 394 g/mol. The van der Waals surface area contributed by atoms with Gasteiger partial charge in [0.25, 0.3) is 0 Å². The van der Waals surface area contributed by atoms with Gasteiger partial charge < -0.3 is 10.5 Å². The predicted molar refractivity (Wildman–Crippen MR) is 94.8 cm³/mol. The fraction of sp³-hybridized carbons (Fsp3) is 0.294. The zero-order valence-corrected chi connectivity index (χ0v) is 15.4. The van der Waals surface area contributed by atoms with Crippen molar-refractivity contribution in [2.24, 2.45) is 5.73 Å². The fourth-order valence-electron chi connectivity index (χ4n) is 2.11. The maximum absolute atomic E-state index is 5.96. The summed E-state index contributed by atoms with van der Waals surface area (Å²) in [6, 6.07) is 10.5. The van der Waals surface area contributed by atoms with Crippen LogP contribution < -0.4 is 10.5 Å². The second kappa shape index (κ2) is 7.43. The van der Waals surface area contributed by atoms with Crippen molar-refractivity contribution in [3.63, 3.8) is 0 Å². The summed E-state index contributed by atoms with van der Waals surface area (Å²) in [6.07, 6.45) is 0.856. The molecule has 2 aromatic rings. The Morgan fingerprint density at radius 1 is 0.952 bits per heavy atom. The van der Waals surface area contributed by atoms with Gasteiger partial charge in [0.2, 0.25) is 0 Å².